The molecule has 1 atom stereocenters. The van der Waals surface area contributed by atoms with Crippen molar-refractivity contribution in [3.05, 3.63) is 41.5 Å². The lowest BCUT2D eigenvalue weighted by Gasteiger charge is -2.14. The largest absolute Gasteiger partial charge is 0.508 e. The zero-order valence-corrected chi connectivity index (χ0v) is 12.1. The molecule has 0 aliphatic carbocycles. The van der Waals surface area contributed by atoms with E-state index in [1.54, 1.807) is 12.1 Å². The monoisotopic (exact) mass is 275 g/mol. The Morgan fingerprint density at radius 1 is 1.25 bits per heavy atom. The summed E-state index contributed by atoms with van der Waals surface area (Å²) < 4.78 is 5.23. The average Bonchev–Trinajstić information content (AvgIpc) is 2.78. The van der Waals surface area contributed by atoms with Crippen LogP contribution in [-0.2, 0) is 12.8 Å². The highest BCUT2D eigenvalue weighted by Crippen LogP contribution is 2.21. The molecule has 3 N–H and O–H groups in total. The Morgan fingerprint density at radius 2 is 1.90 bits per heavy atom. The first kappa shape index (κ1) is 14.5. The second kappa shape index (κ2) is 5.63. The van der Waals surface area contributed by atoms with E-state index in [9.17, 15) is 5.11 Å². The molecule has 0 radical (unpaired) electrons. The Morgan fingerprint density at radius 3 is 2.50 bits per heavy atom. The second-order valence-electron chi connectivity index (χ2n) is 6.26. The van der Waals surface area contributed by atoms with Crippen LogP contribution in [0.15, 0.2) is 28.8 Å². The van der Waals surface area contributed by atoms with Crippen LogP contribution in [0, 0.1) is 5.41 Å². The van der Waals surface area contributed by atoms with Crippen molar-refractivity contribution in [2.24, 2.45) is 11.1 Å². The van der Waals surface area contributed by atoms with Gasteiger partial charge >= 0.3 is 0 Å². The molecule has 0 spiro atoms. The minimum Gasteiger partial charge on any atom is -0.508 e. The summed E-state index contributed by atoms with van der Waals surface area (Å²) in [5, 5.41) is 13.2. The highest BCUT2D eigenvalue weighted by molar-refractivity contribution is 5.26. The Hall–Kier alpha value is -1.88. The smallest absolute Gasteiger partial charge is 0.243 e. The predicted octanol–water partition coefficient (Wildman–Crippen LogP) is 2.61. The van der Waals surface area contributed by atoms with Gasteiger partial charge in [-0.05, 0) is 29.5 Å². The SMILES string of the molecule is CC(C)(C)Cc1noc(C(N)Cc2ccc(O)cc2)n1. The number of benzene rings is 1. The molecule has 5 nitrogen and oxygen atoms in total. The summed E-state index contributed by atoms with van der Waals surface area (Å²) in [7, 11) is 0. The number of aromatic hydroxyl groups is 1. The van der Waals surface area contributed by atoms with Gasteiger partial charge < -0.3 is 15.4 Å². The first-order chi connectivity index (χ1) is 9.33. The molecular formula is C15H21N3O2. The van der Waals surface area contributed by atoms with E-state index in [2.05, 4.69) is 30.9 Å². The van der Waals surface area contributed by atoms with E-state index in [-0.39, 0.29) is 17.2 Å². The van der Waals surface area contributed by atoms with Gasteiger partial charge in [0.1, 0.15) is 5.75 Å². The summed E-state index contributed by atoms with van der Waals surface area (Å²) in [4.78, 5) is 4.36. The summed E-state index contributed by atoms with van der Waals surface area (Å²) in [6.45, 7) is 6.37. The van der Waals surface area contributed by atoms with Crippen LogP contribution in [-0.4, -0.2) is 15.2 Å². The third kappa shape index (κ3) is 4.06. The van der Waals surface area contributed by atoms with Gasteiger partial charge in [-0.15, -0.1) is 0 Å². The molecule has 0 fully saturated rings. The fraction of sp³-hybridized carbons (Fsp3) is 0.467. The summed E-state index contributed by atoms with van der Waals surface area (Å²) >= 11 is 0. The Balaban J connectivity index is 2.02. The third-order valence-electron chi connectivity index (χ3n) is 2.88. The lowest BCUT2D eigenvalue weighted by atomic mass is 9.92. The van der Waals surface area contributed by atoms with E-state index in [1.807, 2.05) is 12.1 Å². The summed E-state index contributed by atoms with van der Waals surface area (Å²) in [5.74, 6) is 1.39. The van der Waals surface area contributed by atoms with Crippen LogP contribution < -0.4 is 5.73 Å². The van der Waals surface area contributed by atoms with Gasteiger partial charge in [-0.25, -0.2) is 0 Å². The van der Waals surface area contributed by atoms with Crippen LogP contribution in [0.25, 0.3) is 0 Å². The molecule has 1 aromatic heterocycles. The van der Waals surface area contributed by atoms with Gasteiger partial charge in [0.05, 0.1) is 6.04 Å². The van der Waals surface area contributed by atoms with E-state index in [4.69, 9.17) is 10.3 Å². The van der Waals surface area contributed by atoms with Crippen molar-refractivity contribution < 1.29 is 9.63 Å². The quantitative estimate of drug-likeness (QED) is 0.895. The number of aromatic nitrogens is 2. The van der Waals surface area contributed by atoms with E-state index in [0.717, 1.165) is 12.0 Å². The highest BCUT2D eigenvalue weighted by Gasteiger charge is 2.19. The number of hydrogen-bond acceptors (Lipinski definition) is 5. The molecule has 0 amide bonds. The summed E-state index contributed by atoms with van der Waals surface area (Å²) in [6, 6.07) is 6.62. The highest BCUT2D eigenvalue weighted by atomic mass is 16.5. The number of hydrogen-bond donors (Lipinski definition) is 2. The molecule has 1 heterocycles. The third-order valence-corrected chi connectivity index (χ3v) is 2.88. The van der Waals surface area contributed by atoms with E-state index in [0.29, 0.717) is 18.1 Å². The molecular weight excluding hydrogens is 254 g/mol. The molecule has 0 saturated heterocycles. The van der Waals surface area contributed by atoms with Crippen LogP contribution in [0.2, 0.25) is 0 Å². The number of nitrogens with two attached hydrogens (primary N) is 1. The topological polar surface area (TPSA) is 85.2 Å². The molecule has 20 heavy (non-hydrogen) atoms. The minimum atomic E-state index is -0.333. The van der Waals surface area contributed by atoms with Crippen LogP contribution in [0.3, 0.4) is 0 Å². The van der Waals surface area contributed by atoms with E-state index >= 15 is 0 Å². The van der Waals surface area contributed by atoms with Crippen molar-refractivity contribution >= 4 is 0 Å². The van der Waals surface area contributed by atoms with Crippen molar-refractivity contribution in [1.82, 2.24) is 10.1 Å². The molecule has 2 aromatic rings. The molecule has 1 unspecified atom stereocenters. The normalized spacial score (nSPS) is 13.4. The Labute approximate surface area is 118 Å². The minimum absolute atomic E-state index is 0.113. The summed E-state index contributed by atoms with van der Waals surface area (Å²) in [5.41, 5.74) is 7.22. The first-order valence-corrected chi connectivity index (χ1v) is 6.69. The van der Waals surface area contributed by atoms with Gasteiger partial charge in [-0.2, -0.15) is 4.98 Å². The number of rotatable bonds is 4. The maximum Gasteiger partial charge on any atom is 0.243 e. The van der Waals surface area contributed by atoms with Crippen LogP contribution in [0.4, 0.5) is 0 Å². The Kier molecular flexibility index (Phi) is 4.09. The van der Waals surface area contributed by atoms with Crippen LogP contribution in [0.1, 0.15) is 44.1 Å². The molecule has 0 aliphatic heterocycles. The van der Waals surface area contributed by atoms with Gasteiger partial charge in [-0.1, -0.05) is 38.1 Å². The maximum atomic E-state index is 9.25. The second-order valence-corrected chi connectivity index (χ2v) is 6.26. The predicted molar refractivity (Wildman–Crippen MR) is 76.2 cm³/mol. The first-order valence-electron chi connectivity index (χ1n) is 6.69. The molecule has 1 aromatic carbocycles. The van der Waals surface area contributed by atoms with Gasteiger partial charge in [0, 0.05) is 6.42 Å². The van der Waals surface area contributed by atoms with E-state index in [1.165, 1.54) is 0 Å². The number of phenolic OH excluding ortho intramolecular Hbond substituents is 1. The molecule has 0 bridgehead atoms. The number of nitrogens with zero attached hydrogens (tertiary/aromatic N) is 2. The van der Waals surface area contributed by atoms with Gasteiger partial charge in [-0.3, -0.25) is 0 Å². The maximum absolute atomic E-state index is 9.25. The zero-order chi connectivity index (χ0) is 14.8. The molecule has 0 saturated carbocycles. The van der Waals surface area contributed by atoms with Crippen molar-refractivity contribution in [1.29, 1.82) is 0 Å². The van der Waals surface area contributed by atoms with Gasteiger partial charge in [0.2, 0.25) is 5.89 Å². The fourth-order valence-electron chi connectivity index (χ4n) is 1.94. The Bertz CT molecular complexity index is 555. The standard InChI is InChI=1S/C15H21N3O2/c1-15(2,3)9-13-17-14(20-18-13)12(16)8-10-4-6-11(19)7-5-10/h4-7,12,19H,8-9,16H2,1-3H3. The lowest BCUT2D eigenvalue weighted by molar-refractivity contribution is 0.339. The van der Waals surface area contributed by atoms with Crippen LogP contribution >= 0.6 is 0 Å². The molecule has 0 aliphatic rings. The molecule has 2 rings (SSSR count). The van der Waals surface area contributed by atoms with Crippen molar-refractivity contribution in [2.45, 2.75) is 39.7 Å². The zero-order valence-electron chi connectivity index (χ0n) is 12.1. The molecule has 108 valence electrons. The van der Waals surface area contributed by atoms with Crippen LogP contribution in [0.5, 0.6) is 5.75 Å². The summed E-state index contributed by atoms with van der Waals surface area (Å²) in [6.07, 6.45) is 1.35. The van der Waals surface area contributed by atoms with Crippen molar-refractivity contribution in [3.8, 4) is 5.75 Å². The molecule has 5 heteroatoms. The fourth-order valence-corrected chi connectivity index (χ4v) is 1.94. The van der Waals surface area contributed by atoms with Crippen molar-refractivity contribution in [3.63, 3.8) is 0 Å². The number of phenols is 1. The van der Waals surface area contributed by atoms with Gasteiger partial charge in [0.15, 0.2) is 5.82 Å². The van der Waals surface area contributed by atoms with Crippen molar-refractivity contribution in [2.75, 3.05) is 0 Å². The van der Waals surface area contributed by atoms with E-state index < -0.39 is 0 Å². The van der Waals surface area contributed by atoms with Gasteiger partial charge in [0.25, 0.3) is 0 Å². The lowest BCUT2D eigenvalue weighted by Crippen LogP contribution is -2.14. The average molecular weight is 275 g/mol.